The summed E-state index contributed by atoms with van der Waals surface area (Å²) in [4.78, 5) is 3.93. The highest BCUT2D eigenvalue weighted by Gasteiger charge is 2.34. The van der Waals surface area contributed by atoms with Crippen LogP contribution in [0.3, 0.4) is 0 Å². The number of aliphatic hydroxyl groups excluding tert-OH is 1. The predicted octanol–water partition coefficient (Wildman–Crippen LogP) is 3.77. The molecule has 0 saturated heterocycles. The van der Waals surface area contributed by atoms with Gasteiger partial charge in [-0.15, -0.1) is 0 Å². The summed E-state index contributed by atoms with van der Waals surface area (Å²) in [5, 5.41) is 10.0. The number of aromatic nitrogens is 1. The summed E-state index contributed by atoms with van der Waals surface area (Å²) in [6.07, 6.45) is -1.64. The van der Waals surface area contributed by atoms with E-state index < -0.39 is 17.8 Å². The highest BCUT2D eigenvalue weighted by molar-refractivity contribution is 5.31. The van der Waals surface area contributed by atoms with Crippen molar-refractivity contribution >= 4 is 0 Å². The lowest BCUT2D eigenvalue weighted by atomic mass is 9.97. The van der Waals surface area contributed by atoms with Crippen molar-refractivity contribution in [2.45, 2.75) is 25.1 Å². The van der Waals surface area contributed by atoms with Crippen LogP contribution >= 0.6 is 0 Å². The van der Waals surface area contributed by atoms with Crippen LogP contribution in [0.4, 0.5) is 13.2 Å². The van der Waals surface area contributed by atoms with E-state index in [1.165, 1.54) is 18.2 Å². The van der Waals surface area contributed by atoms with Gasteiger partial charge in [0.25, 0.3) is 0 Å². The standard InChI is InChI=1S/C15H14F3NO/c16-15(17,18)13-6-2-1-5-12(13)14(20)8-7-11-4-3-9-19-10-11/h1-6,9-10,14,20H,7-8H2. The van der Waals surface area contributed by atoms with E-state index in [2.05, 4.69) is 4.98 Å². The number of aryl methyl sites for hydroxylation is 1. The molecule has 5 heteroatoms. The van der Waals surface area contributed by atoms with Crippen LogP contribution in [0.25, 0.3) is 0 Å². The van der Waals surface area contributed by atoms with Crippen molar-refractivity contribution in [3.05, 3.63) is 65.5 Å². The van der Waals surface area contributed by atoms with Gasteiger partial charge in [0.2, 0.25) is 0 Å². The Kier molecular flexibility index (Phi) is 4.39. The van der Waals surface area contributed by atoms with Gasteiger partial charge < -0.3 is 5.11 Å². The second-order valence-corrected chi connectivity index (χ2v) is 4.50. The Morgan fingerprint density at radius 1 is 1.10 bits per heavy atom. The Hall–Kier alpha value is -1.88. The van der Waals surface area contributed by atoms with Crippen LogP contribution in [0.15, 0.2) is 48.8 Å². The third-order valence-corrected chi connectivity index (χ3v) is 3.05. The van der Waals surface area contributed by atoms with E-state index in [1.807, 2.05) is 6.07 Å². The van der Waals surface area contributed by atoms with Gasteiger partial charge in [-0.3, -0.25) is 4.98 Å². The summed E-state index contributed by atoms with van der Waals surface area (Å²) in [6, 6.07) is 8.71. The number of benzene rings is 1. The molecule has 0 aliphatic rings. The third kappa shape index (κ3) is 3.57. The summed E-state index contributed by atoms with van der Waals surface area (Å²) in [5.41, 5.74) is 0.0265. The van der Waals surface area contributed by atoms with E-state index in [0.717, 1.165) is 11.6 Å². The number of hydrogen-bond acceptors (Lipinski definition) is 2. The van der Waals surface area contributed by atoms with E-state index in [0.29, 0.717) is 6.42 Å². The van der Waals surface area contributed by atoms with Gasteiger partial charge in [-0.05, 0) is 36.1 Å². The fourth-order valence-electron chi connectivity index (χ4n) is 2.05. The van der Waals surface area contributed by atoms with Gasteiger partial charge in [-0.25, -0.2) is 0 Å². The number of pyridine rings is 1. The van der Waals surface area contributed by atoms with Gasteiger partial charge in [0.15, 0.2) is 0 Å². The predicted molar refractivity (Wildman–Crippen MR) is 69.0 cm³/mol. The molecule has 2 nitrogen and oxygen atoms in total. The van der Waals surface area contributed by atoms with E-state index in [-0.39, 0.29) is 12.0 Å². The van der Waals surface area contributed by atoms with Crippen molar-refractivity contribution in [2.75, 3.05) is 0 Å². The average Bonchev–Trinajstić information content (AvgIpc) is 2.45. The SMILES string of the molecule is OC(CCc1cccnc1)c1ccccc1C(F)(F)F. The van der Waals surface area contributed by atoms with Crippen molar-refractivity contribution in [1.29, 1.82) is 0 Å². The maximum atomic E-state index is 12.9. The molecule has 1 atom stereocenters. The third-order valence-electron chi connectivity index (χ3n) is 3.05. The maximum absolute atomic E-state index is 12.9. The molecule has 1 aromatic carbocycles. The molecule has 0 radical (unpaired) electrons. The minimum Gasteiger partial charge on any atom is -0.388 e. The molecule has 1 unspecified atom stereocenters. The van der Waals surface area contributed by atoms with E-state index in [1.54, 1.807) is 18.5 Å². The first-order chi connectivity index (χ1) is 9.48. The van der Waals surface area contributed by atoms with E-state index >= 15 is 0 Å². The molecule has 1 N–H and O–H groups in total. The van der Waals surface area contributed by atoms with Crippen LogP contribution in [0, 0.1) is 0 Å². The van der Waals surface area contributed by atoms with Crippen molar-refractivity contribution in [3.63, 3.8) is 0 Å². The lowest BCUT2D eigenvalue weighted by molar-refractivity contribution is -0.139. The fraction of sp³-hybridized carbons (Fsp3) is 0.267. The number of halogens is 3. The van der Waals surface area contributed by atoms with Crippen LogP contribution in [0.5, 0.6) is 0 Å². The van der Waals surface area contributed by atoms with Gasteiger partial charge in [-0.1, -0.05) is 24.3 Å². The average molecular weight is 281 g/mol. The molecule has 1 aromatic heterocycles. The largest absolute Gasteiger partial charge is 0.416 e. The first kappa shape index (κ1) is 14.5. The summed E-state index contributed by atoms with van der Waals surface area (Å²) >= 11 is 0. The fourth-order valence-corrected chi connectivity index (χ4v) is 2.05. The number of alkyl halides is 3. The van der Waals surface area contributed by atoms with Crippen LogP contribution in [0.1, 0.15) is 29.2 Å². The van der Waals surface area contributed by atoms with Gasteiger partial charge in [0.05, 0.1) is 11.7 Å². The Labute approximate surface area is 114 Å². The van der Waals surface area contributed by atoms with Crippen molar-refractivity contribution in [3.8, 4) is 0 Å². The lowest BCUT2D eigenvalue weighted by Gasteiger charge is -2.17. The molecule has 0 aliphatic carbocycles. The van der Waals surface area contributed by atoms with Gasteiger partial charge in [-0.2, -0.15) is 13.2 Å². The molecule has 2 rings (SSSR count). The second kappa shape index (κ2) is 6.05. The molecule has 20 heavy (non-hydrogen) atoms. The van der Waals surface area contributed by atoms with Crippen molar-refractivity contribution in [1.82, 2.24) is 4.98 Å². The van der Waals surface area contributed by atoms with Gasteiger partial charge in [0.1, 0.15) is 0 Å². The van der Waals surface area contributed by atoms with Crippen LogP contribution in [0.2, 0.25) is 0 Å². The molecule has 0 bridgehead atoms. The van der Waals surface area contributed by atoms with Gasteiger partial charge in [0, 0.05) is 12.4 Å². The Balaban J connectivity index is 2.12. The Bertz CT molecular complexity index is 555. The Morgan fingerprint density at radius 3 is 2.50 bits per heavy atom. The molecule has 1 heterocycles. The zero-order valence-corrected chi connectivity index (χ0v) is 10.6. The van der Waals surface area contributed by atoms with Gasteiger partial charge >= 0.3 is 6.18 Å². The summed E-state index contributed by atoms with van der Waals surface area (Å²) in [6.45, 7) is 0. The number of hydrogen-bond donors (Lipinski definition) is 1. The zero-order chi connectivity index (χ0) is 14.6. The van der Waals surface area contributed by atoms with Crippen LogP contribution in [-0.2, 0) is 12.6 Å². The first-order valence-corrected chi connectivity index (χ1v) is 6.21. The molecule has 0 aliphatic heterocycles. The molecule has 0 saturated carbocycles. The monoisotopic (exact) mass is 281 g/mol. The minimum atomic E-state index is -4.45. The zero-order valence-electron chi connectivity index (χ0n) is 10.6. The molecular weight excluding hydrogens is 267 g/mol. The van der Waals surface area contributed by atoms with E-state index in [9.17, 15) is 18.3 Å². The quantitative estimate of drug-likeness (QED) is 0.925. The smallest absolute Gasteiger partial charge is 0.388 e. The lowest BCUT2D eigenvalue weighted by Crippen LogP contribution is -2.12. The van der Waals surface area contributed by atoms with Crippen LogP contribution < -0.4 is 0 Å². The molecular formula is C15H14F3NO. The normalized spacial score (nSPS) is 13.2. The molecule has 0 spiro atoms. The summed E-state index contributed by atoms with van der Waals surface area (Å²) in [7, 11) is 0. The molecule has 2 aromatic rings. The molecule has 106 valence electrons. The molecule has 0 amide bonds. The topological polar surface area (TPSA) is 33.1 Å². The maximum Gasteiger partial charge on any atom is 0.416 e. The summed E-state index contributed by atoms with van der Waals surface area (Å²) < 4.78 is 38.6. The van der Waals surface area contributed by atoms with Crippen molar-refractivity contribution in [2.24, 2.45) is 0 Å². The van der Waals surface area contributed by atoms with E-state index in [4.69, 9.17) is 0 Å². The summed E-state index contributed by atoms with van der Waals surface area (Å²) in [5.74, 6) is 0. The molecule has 0 fully saturated rings. The number of nitrogens with zero attached hydrogens (tertiary/aromatic N) is 1. The minimum absolute atomic E-state index is 0.0797. The first-order valence-electron chi connectivity index (χ1n) is 6.21. The Morgan fingerprint density at radius 2 is 1.85 bits per heavy atom. The van der Waals surface area contributed by atoms with Crippen molar-refractivity contribution < 1.29 is 18.3 Å². The number of rotatable bonds is 4. The second-order valence-electron chi connectivity index (χ2n) is 4.50. The number of aliphatic hydroxyl groups is 1. The van der Waals surface area contributed by atoms with Crippen LogP contribution in [-0.4, -0.2) is 10.1 Å². The highest BCUT2D eigenvalue weighted by atomic mass is 19.4. The highest BCUT2D eigenvalue weighted by Crippen LogP contribution is 2.35.